The van der Waals surface area contributed by atoms with Crippen LogP contribution in [0.15, 0.2) is 18.5 Å². The van der Waals surface area contributed by atoms with E-state index in [0.717, 1.165) is 37.2 Å². The van der Waals surface area contributed by atoms with Gasteiger partial charge in [-0.1, -0.05) is 6.92 Å². The van der Waals surface area contributed by atoms with Gasteiger partial charge in [-0.2, -0.15) is 0 Å². The number of nitrogens with one attached hydrogen (secondary N) is 1. The van der Waals surface area contributed by atoms with E-state index < -0.39 is 0 Å². The van der Waals surface area contributed by atoms with Crippen molar-refractivity contribution in [1.82, 2.24) is 10.3 Å². The third kappa shape index (κ3) is 3.79. The van der Waals surface area contributed by atoms with Crippen LogP contribution in [0, 0.1) is 0 Å². The molecule has 4 nitrogen and oxygen atoms in total. The predicted molar refractivity (Wildman–Crippen MR) is 66.2 cm³/mol. The Morgan fingerprint density at radius 3 is 3.00 bits per heavy atom. The summed E-state index contributed by atoms with van der Waals surface area (Å²) in [6.07, 6.45) is 5.59. The van der Waals surface area contributed by atoms with Gasteiger partial charge < -0.3 is 15.8 Å². The number of methoxy groups -OCH3 is 1. The van der Waals surface area contributed by atoms with Crippen molar-refractivity contribution in [3.05, 3.63) is 24.0 Å². The molecule has 4 heteroatoms. The van der Waals surface area contributed by atoms with Crippen LogP contribution in [0.25, 0.3) is 0 Å². The van der Waals surface area contributed by atoms with Crippen LogP contribution < -0.4 is 11.1 Å². The second kappa shape index (κ2) is 7.19. The Morgan fingerprint density at radius 2 is 2.38 bits per heavy atom. The molecule has 0 aliphatic carbocycles. The number of nitrogens with two attached hydrogens (primary N) is 1. The normalized spacial score (nSPS) is 12.6. The summed E-state index contributed by atoms with van der Waals surface area (Å²) in [7, 11) is 1.72. The van der Waals surface area contributed by atoms with Crippen LogP contribution in [0.1, 0.15) is 31.4 Å². The Balaban J connectivity index is 2.65. The molecule has 90 valence electrons. The first kappa shape index (κ1) is 12.9. The predicted octanol–water partition coefficient (Wildman–Crippen LogP) is 1.74. The molecule has 16 heavy (non-hydrogen) atoms. The summed E-state index contributed by atoms with van der Waals surface area (Å²) in [5.74, 6) is 0. The summed E-state index contributed by atoms with van der Waals surface area (Å²) < 4.78 is 5.06. The molecule has 1 atom stereocenters. The van der Waals surface area contributed by atoms with E-state index in [0.29, 0.717) is 0 Å². The fraction of sp³-hybridized carbons (Fsp3) is 0.583. The van der Waals surface area contributed by atoms with Gasteiger partial charge >= 0.3 is 0 Å². The van der Waals surface area contributed by atoms with Gasteiger partial charge in [0.2, 0.25) is 0 Å². The highest BCUT2D eigenvalue weighted by Gasteiger charge is 2.12. The maximum Gasteiger partial charge on any atom is 0.0462 e. The van der Waals surface area contributed by atoms with Crippen LogP contribution in [0.3, 0.4) is 0 Å². The monoisotopic (exact) mass is 223 g/mol. The van der Waals surface area contributed by atoms with E-state index in [1.54, 1.807) is 13.3 Å². The van der Waals surface area contributed by atoms with Gasteiger partial charge in [0, 0.05) is 43.4 Å². The SMILES string of the molecule is CCNC(CCCOC)c1cnccc1N. The van der Waals surface area contributed by atoms with Crippen LogP contribution in [-0.4, -0.2) is 25.2 Å². The average Bonchev–Trinajstić information content (AvgIpc) is 2.29. The highest BCUT2D eigenvalue weighted by atomic mass is 16.5. The summed E-state index contributed by atoms with van der Waals surface area (Å²) in [4.78, 5) is 4.13. The van der Waals surface area contributed by atoms with E-state index in [4.69, 9.17) is 10.5 Å². The van der Waals surface area contributed by atoms with E-state index in [1.165, 1.54) is 0 Å². The topological polar surface area (TPSA) is 60.2 Å². The van der Waals surface area contributed by atoms with Gasteiger partial charge in [-0.25, -0.2) is 0 Å². The third-order valence-corrected chi connectivity index (χ3v) is 2.55. The van der Waals surface area contributed by atoms with Gasteiger partial charge in [0.05, 0.1) is 0 Å². The van der Waals surface area contributed by atoms with Crippen molar-refractivity contribution in [2.75, 3.05) is 26.0 Å². The van der Waals surface area contributed by atoms with Crippen LogP contribution in [0.2, 0.25) is 0 Å². The Kier molecular flexibility index (Phi) is 5.82. The lowest BCUT2D eigenvalue weighted by molar-refractivity contribution is 0.189. The molecule has 0 aromatic carbocycles. The maximum absolute atomic E-state index is 5.94. The number of aromatic nitrogens is 1. The number of ether oxygens (including phenoxy) is 1. The number of pyridine rings is 1. The van der Waals surface area contributed by atoms with E-state index in [-0.39, 0.29) is 6.04 Å². The fourth-order valence-corrected chi connectivity index (χ4v) is 1.75. The van der Waals surface area contributed by atoms with Crippen LogP contribution in [0.5, 0.6) is 0 Å². The van der Waals surface area contributed by atoms with Crippen LogP contribution in [0.4, 0.5) is 5.69 Å². The molecule has 0 saturated heterocycles. The average molecular weight is 223 g/mol. The largest absolute Gasteiger partial charge is 0.398 e. The van der Waals surface area contributed by atoms with Crippen molar-refractivity contribution in [1.29, 1.82) is 0 Å². The minimum Gasteiger partial charge on any atom is -0.398 e. The Labute approximate surface area is 97.2 Å². The molecule has 1 heterocycles. The highest BCUT2D eigenvalue weighted by Crippen LogP contribution is 2.22. The van der Waals surface area contributed by atoms with Crippen LogP contribution in [-0.2, 0) is 4.74 Å². The smallest absolute Gasteiger partial charge is 0.0462 e. The molecule has 1 unspecified atom stereocenters. The second-order valence-electron chi connectivity index (χ2n) is 3.75. The van der Waals surface area contributed by atoms with Crippen molar-refractivity contribution in [3.8, 4) is 0 Å². The lowest BCUT2D eigenvalue weighted by atomic mass is 10.0. The molecule has 0 radical (unpaired) electrons. The Morgan fingerprint density at radius 1 is 1.56 bits per heavy atom. The summed E-state index contributed by atoms with van der Waals surface area (Å²) >= 11 is 0. The lowest BCUT2D eigenvalue weighted by Gasteiger charge is -2.19. The van der Waals surface area contributed by atoms with Gasteiger partial charge in [0.25, 0.3) is 0 Å². The third-order valence-electron chi connectivity index (χ3n) is 2.55. The van der Waals surface area contributed by atoms with E-state index in [2.05, 4.69) is 17.2 Å². The second-order valence-corrected chi connectivity index (χ2v) is 3.75. The van der Waals surface area contributed by atoms with Crippen LogP contribution >= 0.6 is 0 Å². The first-order valence-electron chi connectivity index (χ1n) is 5.71. The minimum absolute atomic E-state index is 0.272. The number of rotatable bonds is 7. The number of anilines is 1. The van der Waals surface area contributed by atoms with Crippen molar-refractivity contribution in [2.45, 2.75) is 25.8 Å². The van der Waals surface area contributed by atoms with Gasteiger partial charge in [-0.15, -0.1) is 0 Å². The van der Waals surface area contributed by atoms with Crippen molar-refractivity contribution < 1.29 is 4.74 Å². The quantitative estimate of drug-likeness (QED) is 0.691. The molecule has 0 aliphatic heterocycles. The Hall–Kier alpha value is -1.13. The first-order valence-corrected chi connectivity index (χ1v) is 5.71. The summed E-state index contributed by atoms with van der Waals surface area (Å²) in [6.45, 7) is 3.80. The highest BCUT2D eigenvalue weighted by molar-refractivity contribution is 5.46. The summed E-state index contributed by atoms with van der Waals surface area (Å²) in [6, 6.07) is 2.12. The zero-order valence-electron chi connectivity index (χ0n) is 10.1. The minimum atomic E-state index is 0.272. The summed E-state index contributed by atoms with van der Waals surface area (Å²) in [5.41, 5.74) is 7.83. The van der Waals surface area contributed by atoms with E-state index >= 15 is 0 Å². The molecule has 1 rings (SSSR count). The number of hydrogen-bond donors (Lipinski definition) is 2. The van der Waals surface area contributed by atoms with Crippen molar-refractivity contribution in [3.63, 3.8) is 0 Å². The Bertz CT molecular complexity index is 304. The number of nitrogens with zero attached hydrogens (tertiary/aromatic N) is 1. The zero-order valence-corrected chi connectivity index (χ0v) is 10.1. The number of hydrogen-bond acceptors (Lipinski definition) is 4. The lowest BCUT2D eigenvalue weighted by Crippen LogP contribution is -2.22. The van der Waals surface area contributed by atoms with Crippen molar-refractivity contribution >= 4 is 5.69 Å². The molecule has 1 aromatic heterocycles. The van der Waals surface area contributed by atoms with E-state index in [9.17, 15) is 0 Å². The van der Waals surface area contributed by atoms with Gasteiger partial charge in [0.1, 0.15) is 0 Å². The molecule has 0 saturated carbocycles. The molecule has 1 aromatic rings. The van der Waals surface area contributed by atoms with Gasteiger partial charge in [0.15, 0.2) is 0 Å². The molecule has 3 N–H and O–H groups in total. The van der Waals surface area contributed by atoms with Gasteiger partial charge in [-0.05, 0) is 25.5 Å². The molecule has 0 fully saturated rings. The molecule has 0 amide bonds. The van der Waals surface area contributed by atoms with Crippen molar-refractivity contribution in [2.24, 2.45) is 0 Å². The first-order chi connectivity index (χ1) is 7.79. The zero-order chi connectivity index (χ0) is 11.8. The molecule has 0 spiro atoms. The fourth-order valence-electron chi connectivity index (χ4n) is 1.75. The maximum atomic E-state index is 5.94. The molecular weight excluding hydrogens is 202 g/mol. The number of nitrogen functional groups attached to an aromatic ring is 1. The molecule has 0 bridgehead atoms. The standard InChI is InChI=1S/C12H21N3O/c1-3-15-12(5-4-8-16-2)10-9-14-7-6-11(10)13/h6-7,9,12,15H,3-5,8H2,1-2H3,(H2,13,14). The molecular formula is C12H21N3O. The molecule has 0 aliphatic rings. The van der Waals surface area contributed by atoms with Gasteiger partial charge in [-0.3, -0.25) is 4.98 Å². The van der Waals surface area contributed by atoms with E-state index in [1.807, 2.05) is 12.3 Å². The summed E-state index contributed by atoms with van der Waals surface area (Å²) in [5, 5.41) is 3.42.